The van der Waals surface area contributed by atoms with Gasteiger partial charge in [0.1, 0.15) is 17.6 Å². The van der Waals surface area contributed by atoms with Gasteiger partial charge >= 0.3 is 0 Å². The number of nitrogens with zero attached hydrogens (tertiary/aromatic N) is 2. The summed E-state index contributed by atoms with van der Waals surface area (Å²) in [7, 11) is 1.64. The molecule has 0 saturated heterocycles. The van der Waals surface area contributed by atoms with Crippen LogP contribution in [-0.2, 0) is 4.79 Å². The predicted octanol–water partition coefficient (Wildman–Crippen LogP) is 3.33. The molecular formula is C17H18N2O3S. The minimum Gasteiger partial charge on any atom is -0.497 e. The highest BCUT2D eigenvalue weighted by atomic mass is 32.2. The molecule has 1 aliphatic rings. The third kappa shape index (κ3) is 3.27. The Morgan fingerprint density at radius 3 is 2.78 bits per heavy atom. The zero-order valence-corrected chi connectivity index (χ0v) is 13.9. The Labute approximate surface area is 139 Å². The van der Waals surface area contributed by atoms with Crippen molar-refractivity contribution in [1.82, 2.24) is 5.01 Å². The van der Waals surface area contributed by atoms with Crippen molar-refractivity contribution in [3.05, 3.63) is 54.0 Å². The van der Waals surface area contributed by atoms with Gasteiger partial charge in [0.25, 0.3) is 5.91 Å². The quantitative estimate of drug-likeness (QED) is 0.844. The number of methoxy groups -OCH3 is 1. The first kappa shape index (κ1) is 15.7. The van der Waals surface area contributed by atoms with Gasteiger partial charge in [-0.3, -0.25) is 4.79 Å². The van der Waals surface area contributed by atoms with E-state index in [-0.39, 0.29) is 11.9 Å². The average molecular weight is 330 g/mol. The summed E-state index contributed by atoms with van der Waals surface area (Å²) >= 11 is 1.49. The molecule has 1 aromatic carbocycles. The van der Waals surface area contributed by atoms with E-state index in [0.29, 0.717) is 12.2 Å². The van der Waals surface area contributed by atoms with Gasteiger partial charge in [0.05, 0.1) is 24.8 Å². The van der Waals surface area contributed by atoms with Crippen LogP contribution in [0, 0.1) is 0 Å². The fraction of sp³-hybridized carbons (Fsp3) is 0.294. The maximum absolute atomic E-state index is 12.4. The van der Waals surface area contributed by atoms with Crippen LogP contribution >= 0.6 is 11.8 Å². The van der Waals surface area contributed by atoms with E-state index in [0.717, 1.165) is 22.8 Å². The van der Waals surface area contributed by atoms with Crippen LogP contribution in [0.1, 0.15) is 23.8 Å². The number of amides is 1. The second-order valence-corrected chi connectivity index (χ2v) is 6.05. The summed E-state index contributed by atoms with van der Waals surface area (Å²) in [5.74, 6) is 1.94. The van der Waals surface area contributed by atoms with E-state index in [4.69, 9.17) is 9.15 Å². The number of carbonyl (C=O) groups excluding carboxylic acids is 1. The van der Waals surface area contributed by atoms with E-state index >= 15 is 0 Å². The number of thioether (sulfide) groups is 1. The highest BCUT2D eigenvalue weighted by Gasteiger charge is 2.34. The summed E-state index contributed by atoms with van der Waals surface area (Å²) in [4.78, 5) is 12.4. The Balaban J connectivity index is 1.88. The average Bonchev–Trinajstić information content (AvgIpc) is 3.24. The number of ether oxygens (including phenoxy) is 1. The molecule has 0 spiro atoms. The Morgan fingerprint density at radius 2 is 2.17 bits per heavy atom. The lowest BCUT2D eigenvalue weighted by Crippen LogP contribution is -2.28. The number of hydrogen-bond acceptors (Lipinski definition) is 5. The lowest BCUT2D eigenvalue weighted by atomic mass is 10.0. The van der Waals surface area contributed by atoms with E-state index in [1.807, 2.05) is 42.7 Å². The molecule has 2 aromatic rings. The molecule has 1 atom stereocenters. The lowest BCUT2D eigenvalue weighted by molar-refractivity contribution is -0.130. The van der Waals surface area contributed by atoms with E-state index in [2.05, 4.69) is 5.10 Å². The van der Waals surface area contributed by atoms with Crippen molar-refractivity contribution < 1.29 is 13.9 Å². The maximum Gasteiger partial charge on any atom is 0.253 e. The SMILES string of the molecule is COc1ccc(C2=NN(C(=O)CSC)C(c3ccco3)C2)cc1. The van der Waals surface area contributed by atoms with Gasteiger partial charge in [-0.1, -0.05) is 0 Å². The van der Waals surface area contributed by atoms with Crippen molar-refractivity contribution in [2.24, 2.45) is 5.10 Å². The fourth-order valence-electron chi connectivity index (χ4n) is 2.59. The van der Waals surface area contributed by atoms with Crippen LogP contribution in [-0.4, -0.2) is 35.7 Å². The standard InChI is InChI=1S/C17H18N2O3S/c1-21-13-7-5-12(6-8-13)14-10-15(16-4-3-9-22-16)19(18-14)17(20)11-23-2/h3-9,15H,10-11H2,1-2H3. The molecule has 0 radical (unpaired) electrons. The monoisotopic (exact) mass is 330 g/mol. The van der Waals surface area contributed by atoms with Gasteiger partial charge in [-0.15, -0.1) is 0 Å². The van der Waals surface area contributed by atoms with Crippen molar-refractivity contribution in [2.45, 2.75) is 12.5 Å². The van der Waals surface area contributed by atoms with Gasteiger partial charge in [-0.25, -0.2) is 5.01 Å². The van der Waals surface area contributed by atoms with Crippen molar-refractivity contribution >= 4 is 23.4 Å². The summed E-state index contributed by atoms with van der Waals surface area (Å²) < 4.78 is 10.7. The Bertz CT molecular complexity index is 695. The number of benzene rings is 1. The summed E-state index contributed by atoms with van der Waals surface area (Å²) in [6, 6.07) is 11.2. The van der Waals surface area contributed by atoms with E-state index < -0.39 is 0 Å². The van der Waals surface area contributed by atoms with Crippen molar-refractivity contribution in [2.75, 3.05) is 19.1 Å². The molecule has 23 heavy (non-hydrogen) atoms. The highest BCUT2D eigenvalue weighted by Crippen LogP contribution is 2.33. The predicted molar refractivity (Wildman–Crippen MR) is 90.8 cm³/mol. The van der Waals surface area contributed by atoms with Gasteiger partial charge in [-0.05, 0) is 48.2 Å². The Morgan fingerprint density at radius 1 is 1.39 bits per heavy atom. The van der Waals surface area contributed by atoms with Gasteiger partial charge in [-0.2, -0.15) is 16.9 Å². The van der Waals surface area contributed by atoms with Crippen molar-refractivity contribution in [3.8, 4) is 5.75 Å². The van der Waals surface area contributed by atoms with E-state index in [1.54, 1.807) is 18.4 Å². The molecular weight excluding hydrogens is 312 g/mol. The Kier molecular flexibility index (Phi) is 4.71. The second-order valence-electron chi connectivity index (χ2n) is 5.18. The number of rotatable bonds is 5. The molecule has 0 N–H and O–H groups in total. The molecule has 120 valence electrons. The van der Waals surface area contributed by atoms with Crippen molar-refractivity contribution in [3.63, 3.8) is 0 Å². The normalized spacial score (nSPS) is 17.2. The topological polar surface area (TPSA) is 55.0 Å². The molecule has 1 unspecified atom stereocenters. The number of hydrogen-bond donors (Lipinski definition) is 0. The van der Waals surface area contributed by atoms with Crippen molar-refractivity contribution in [1.29, 1.82) is 0 Å². The molecule has 1 amide bonds. The van der Waals surface area contributed by atoms with Crippen LogP contribution in [0.15, 0.2) is 52.2 Å². The van der Waals surface area contributed by atoms with Crippen LogP contribution in [0.2, 0.25) is 0 Å². The van der Waals surface area contributed by atoms with E-state index in [9.17, 15) is 4.79 Å². The van der Waals surface area contributed by atoms with E-state index in [1.165, 1.54) is 11.8 Å². The zero-order valence-electron chi connectivity index (χ0n) is 13.1. The molecule has 5 nitrogen and oxygen atoms in total. The molecule has 0 aliphatic carbocycles. The molecule has 2 heterocycles. The molecule has 3 rings (SSSR count). The molecule has 1 aliphatic heterocycles. The summed E-state index contributed by atoms with van der Waals surface area (Å²) in [5.41, 5.74) is 1.87. The van der Waals surface area contributed by atoms with Gasteiger partial charge < -0.3 is 9.15 Å². The Hall–Kier alpha value is -2.21. The summed E-state index contributed by atoms with van der Waals surface area (Å²) in [6.07, 6.45) is 4.17. The van der Waals surface area contributed by atoms with Gasteiger partial charge in [0, 0.05) is 6.42 Å². The molecule has 0 fully saturated rings. The van der Waals surface area contributed by atoms with Crippen LogP contribution in [0.4, 0.5) is 0 Å². The van der Waals surface area contributed by atoms with Crippen LogP contribution in [0.25, 0.3) is 0 Å². The number of furan rings is 1. The van der Waals surface area contributed by atoms with Gasteiger partial charge in [0.15, 0.2) is 0 Å². The largest absolute Gasteiger partial charge is 0.497 e. The number of hydrazone groups is 1. The first-order valence-electron chi connectivity index (χ1n) is 7.29. The van der Waals surface area contributed by atoms with Crippen LogP contribution in [0.3, 0.4) is 0 Å². The maximum atomic E-state index is 12.4. The minimum atomic E-state index is -0.179. The molecule has 6 heteroatoms. The highest BCUT2D eigenvalue weighted by molar-refractivity contribution is 7.99. The minimum absolute atomic E-state index is 0.0117. The first-order valence-corrected chi connectivity index (χ1v) is 8.68. The number of carbonyl (C=O) groups is 1. The van der Waals surface area contributed by atoms with Gasteiger partial charge in [0.2, 0.25) is 0 Å². The lowest BCUT2D eigenvalue weighted by Gasteiger charge is -2.19. The third-order valence-electron chi connectivity index (χ3n) is 3.73. The molecule has 1 aromatic heterocycles. The first-order chi connectivity index (χ1) is 11.2. The summed E-state index contributed by atoms with van der Waals surface area (Å²) in [5, 5.41) is 6.11. The smallest absolute Gasteiger partial charge is 0.253 e. The fourth-order valence-corrected chi connectivity index (χ4v) is 2.97. The third-order valence-corrected chi connectivity index (χ3v) is 4.26. The van der Waals surface area contributed by atoms with Crippen LogP contribution in [0.5, 0.6) is 5.75 Å². The molecule has 0 bridgehead atoms. The molecule has 0 saturated carbocycles. The summed E-state index contributed by atoms with van der Waals surface area (Å²) in [6.45, 7) is 0. The van der Waals surface area contributed by atoms with Crippen LogP contribution < -0.4 is 4.74 Å². The zero-order chi connectivity index (χ0) is 16.2. The second kappa shape index (κ2) is 6.91.